The molecule has 2 heterocycles. The standard InChI is InChI=1S/C11H13F3N6O/c1-6(2)20-4-3-7(19-20)9(21)15-5-8-16-10(18-17-8)11(12,13)14/h3-4,6H,5H2,1-2H3,(H,15,21)(H,16,17,18). The lowest BCUT2D eigenvalue weighted by Crippen LogP contribution is -2.24. The topological polar surface area (TPSA) is 88.5 Å². The van der Waals surface area contributed by atoms with Gasteiger partial charge in [-0.15, -0.1) is 5.10 Å². The Morgan fingerprint density at radius 1 is 1.48 bits per heavy atom. The molecule has 10 heteroatoms. The van der Waals surface area contributed by atoms with Crippen molar-refractivity contribution in [3.63, 3.8) is 0 Å². The Morgan fingerprint density at radius 2 is 2.19 bits per heavy atom. The van der Waals surface area contributed by atoms with Crippen molar-refractivity contribution in [2.75, 3.05) is 0 Å². The van der Waals surface area contributed by atoms with E-state index in [1.807, 2.05) is 13.8 Å². The summed E-state index contributed by atoms with van der Waals surface area (Å²) in [5.41, 5.74) is 0.180. The molecule has 1 amide bonds. The number of alkyl halides is 3. The van der Waals surface area contributed by atoms with Gasteiger partial charge in [-0.3, -0.25) is 14.6 Å². The van der Waals surface area contributed by atoms with Crippen LogP contribution in [-0.4, -0.2) is 30.9 Å². The summed E-state index contributed by atoms with van der Waals surface area (Å²) in [4.78, 5) is 15.0. The quantitative estimate of drug-likeness (QED) is 0.896. The predicted octanol–water partition coefficient (Wildman–Crippen LogP) is 1.53. The van der Waals surface area contributed by atoms with E-state index < -0.39 is 17.9 Å². The van der Waals surface area contributed by atoms with Crippen molar-refractivity contribution in [2.24, 2.45) is 0 Å². The summed E-state index contributed by atoms with van der Waals surface area (Å²) in [6, 6.07) is 1.63. The van der Waals surface area contributed by atoms with Crippen LogP contribution in [0, 0.1) is 0 Å². The van der Waals surface area contributed by atoms with E-state index >= 15 is 0 Å². The first kappa shape index (κ1) is 15.0. The second kappa shape index (κ2) is 5.54. The fraction of sp³-hybridized carbons (Fsp3) is 0.455. The minimum atomic E-state index is -4.62. The van der Waals surface area contributed by atoms with Crippen molar-refractivity contribution in [3.05, 3.63) is 29.6 Å². The Labute approximate surface area is 117 Å². The van der Waals surface area contributed by atoms with Gasteiger partial charge in [0, 0.05) is 12.2 Å². The summed E-state index contributed by atoms with van der Waals surface area (Å²) >= 11 is 0. The van der Waals surface area contributed by atoms with Gasteiger partial charge in [0.2, 0.25) is 0 Å². The van der Waals surface area contributed by atoms with Gasteiger partial charge in [-0.25, -0.2) is 4.98 Å². The number of carbonyl (C=O) groups excluding carboxylic acids is 1. The molecule has 0 fully saturated rings. The molecule has 2 aromatic heterocycles. The molecular formula is C11H13F3N6O. The van der Waals surface area contributed by atoms with Crippen LogP contribution in [0.4, 0.5) is 13.2 Å². The monoisotopic (exact) mass is 302 g/mol. The largest absolute Gasteiger partial charge is 0.453 e. The number of aromatic amines is 1. The number of aromatic nitrogens is 5. The van der Waals surface area contributed by atoms with Gasteiger partial charge in [0.1, 0.15) is 11.5 Å². The number of halogens is 3. The fourth-order valence-electron chi connectivity index (χ4n) is 1.50. The molecule has 114 valence electrons. The molecule has 21 heavy (non-hydrogen) atoms. The summed E-state index contributed by atoms with van der Waals surface area (Å²) in [7, 11) is 0. The van der Waals surface area contributed by atoms with Crippen LogP contribution in [0.15, 0.2) is 12.3 Å². The number of rotatable bonds is 4. The SMILES string of the molecule is CC(C)n1ccc(C(=O)NCc2nc(C(F)(F)F)n[nH]2)n1. The molecule has 0 saturated heterocycles. The van der Waals surface area contributed by atoms with Gasteiger partial charge in [0.15, 0.2) is 0 Å². The van der Waals surface area contributed by atoms with Crippen LogP contribution in [0.25, 0.3) is 0 Å². The molecule has 0 aromatic carbocycles. The van der Waals surface area contributed by atoms with Crippen molar-refractivity contribution in [2.45, 2.75) is 32.6 Å². The Balaban J connectivity index is 1.96. The third-order valence-electron chi connectivity index (χ3n) is 2.57. The maximum Gasteiger partial charge on any atom is 0.453 e. The van der Waals surface area contributed by atoms with Gasteiger partial charge in [-0.1, -0.05) is 0 Å². The molecule has 2 aromatic rings. The summed E-state index contributed by atoms with van der Waals surface area (Å²) in [5, 5.41) is 11.6. The van der Waals surface area contributed by atoms with Crippen LogP contribution in [-0.2, 0) is 12.7 Å². The normalized spacial score (nSPS) is 11.9. The Kier molecular flexibility index (Phi) is 3.96. The van der Waals surface area contributed by atoms with Crippen LogP contribution < -0.4 is 5.32 Å². The first-order chi connectivity index (χ1) is 9.77. The van der Waals surface area contributed by atoms with E-state index in [0.29, 0.717) is 0 Å². The van der Waals surface area contributed by atoms with Crippen LogP contribution in [0.2, 0.25) is 0 Å². The molecule has 0 aliphatic heterocycles. The van der Waals surface area contributed by atoms with Gasteiger partial charge >= 0.3 is 6.18 Å². The number of hydrogen-bond donors (Lipinski definition) is 2. The number of amides is 1. The Bertz CT molecular complexity index is 630. The lowest BCUT2D eigenvalue weighted by Gasteiger charge is -2.04. The number of hydrogen-bond acceptors (Lipinski definition) is 4. The highest BCUT2D eigenvalue weighted by Gasteiger charge is 2.36. The maximum absolute atomic E-state index is 12.3. The molecule has 0 bridgehead atoms. The van der Waals surface area contributed by atoms with Gasteiger partial charge in [0.05, 0.1) is 6.54 Å². The summed E-state index contributed by atoms with van der Waals surface area (Å²) < 4.78 is 38.5. The van der Waals surface area contributed by atoms with E-state index in [0.717, 1.165) is 0 Å². The molecule has 0 aliphatic carbocycles. The number of nitrogens with one attached hydrogen (secondary N) is 2. The van der Waals surface area contributed by atoms with E-state index in [4.69, 9.17) is 0 Å². The first-order valence-electron chi connectivity index (χ1n) is 6.09. The third kappa shape index (κ3) is 3.58. The molecule has 0 aliphatic rings. The van der Waals surface area contributed by atoms with E-state index in [1.165, 1.54) is 6.07 Å². The average molecular weight is 302 g/mol. The molecule has 0 saturated carbocycles. The fourth-order valence-corrected chi connectivity index (χ4v) is 1.50. The van der Waals surface area contributed by atoms with E-state index in [1.54, 1.807) is 10.9 Å². The van der Waals surface area contributed by atoms with Crippen LogP contribution in [0.1, 0.15) is 42.0 Å². The molecular weight excluding hydrogens is 289 g/mol. The minimum Gasteiger partial charge on any atom is -0.343 e. The molecule has 0 atom stereocenters. The molecule has 0 radical (unpaired) electrons. The molecule has 2 rings (SSSR count). The van der Waals surface area contributed by atoms with Crippen molar-refractivity contribution < 1.29 is 18.0 Å². The van der Waals surface area contributed by atoms with Crippen LogP contribution in [0.5, 0.6) is 0 Å². The highest BCUT2D eigenvalue weighted by molar-refractivity contribution is 5.92. The summed E-state index contributed by atoms with van der Waals surface area (Å²) in [6.45, 7) is 3.61. The van der Waals surface area contributed by atoms with Crippen molar-refractivity contribution in [1.82, 2.24) is 30.3 Å². The smallest absolute Gasteiger partial charge is 0.343 e. The van der Waals surface area contributed by atoms with E-state index in [-0.39, 0.29) is 24.1 Å². The average Bonchev–Trinajstić information content (AvgIpc) is 3.04. The lowest BCUT2D eigenvalue weighted by molar-refractivity contribution is -0.144. The first-order valence-corrected chi connectivity index (χ1v) is 6.09. The predicted molar refractivity (Wildman–Crippen MR) is 65.2 cm³/mol. The van der Waals surface area contributed by atoms with Crippen LogP contribution in [0.3, 0.4) is 0 Å². The second-order valence-corrected chi connectivity index (χ2v) is 4.56. The zero-order chi connectivity index (χ0) is 15.6. The van der Waals surface area contributed by atoms with E-state index in [9.17, 15) is 18.0 Å². The summed E-state index contributed by atoms with van der Waals surface area (Å²) in [6.07, 6.45) is -2.97. The Hall–Kier alpha value is -2.39. The molecule has 2 N–H and O–H groups in total. The van der Waals surface area contributed by atoms with Crippen molar-refractivity contribution in [1.29, 1.82) is 0 Å². The van der Waals surface area contributed by atoms with Crippen LogP contribution >= 0.6 is 0 Å². The minimum absolute atomic E-state index is 0.0843. The lowest BCUT2D eigenvalue weighted by atomic mass is 10.4. The molecule has 0 spiro atoms. The van der Waals surface area contributed by atoms with Gasteiger partial charge in [0.25, 0.3) is 11.7 Å². The molecule has 0 unspecified atom stereocenters. The number of nitrogens with zero attached hydrogens (tertiary/aromatic N) is 4. The Morgan fingerprint density at radius 3 is 2.71 bits per heavy atom. The van der Waals surface area contributed by atoms with Crippen molar-refractivity contribution in [3.8, 4) is 0 Å². The van der Waals surface area contributed by atoms with Crippen molar-refractivity contribution >= 4 is 5.91 Å². The van der Waals surface area contributed by atoms with E-state index in [2.05, 4.69) is 25.6 Å². The number of H-pyrrole nitrogens is 1. The highest BCUT2D eigenvalue weighted by atomic mass is 19.4. The molecule has 7 nitrogen and oxygen atoms in total. The highest BCUT2D eigenvalue weighted by Crippen LogP contribution is 2.25. The third-order valence-corrected chi connectivity index (χ3v) is 2.57. The van der Waals surface area contributed by atoms with Gasteiger partial charge < -0.3 is 5.32 Å². The zero-order valence-corrected chi connectivity index (χ0v) is 11.3. The summed E-state index contributed by atoms with van der Waals surface area (Å²) in [5.74, 6) is -1.85. The van der Waals surface area contributed by atoms with Gasteiger partial charge in [-0.05, 0) is 19.9 Å². The zero-order valence-electron chi connectivity index (χ0n) is 11.3. The number of carbonyl (C=O) groups is 1. The maximum atomic E-state index is 12.3. The van der Waals surface area contributed by atoms with Gasteiger partial charge in [-0.2, -0.15) is 18.3 Å². The second-order valence-electron chi connectivity index (χ2n) is 4.56.